The number of nitrogen functional groups attached to an aromatic ring is 1. The SMILES string of the molecule is C[C@@H]1CCCN1c1ncc(-c2cccc(N)n2)cn1. The van der Waals surface area contributed by atoms with E-state index in [-0.39, 0.29) is 0 Å². The molecule has 0 spiro atoms. The first-order valence-electron chi connectivity index (χ1n) is 6.55. The number of pyridine rings is 1. The third-order valence-electron chi connectivity index (χ3n) is 3.51. The Bertz CT molecular complexity index is 566. The van der Waals surface area contributed by atoms with E-state index >= 15 is 0 Å². The van der Waals surface area contributed by atoms with Crippen LogP contribution >= 0.6 is 0 Å². The highest BCUT2D eigenvalue weighted by Gasteiger charge is 2.22. The van der Waals surface area contributed by atoms with Gasteiger partial charge in [-0.25, -0.2) is 15.0 Å². The number of aromatic nitrogens is 3. The highest BCUT2D eigenvalue weighted by Crippen LogP contribution is 2.23. The number of hydrogen-bond acceptors (Lipinski definition) is 5. The number of hydrogen-bond donors (Lipinski definition) is 1. The van der Waals surface area contributed by atoms with Crippen LogP contribution in [0, 0.1) is 0 Å². The van der Waals surface area contributed by atoms with Gasteiger partial charge < -0.3 is 10.6 Å². The molecular weight excluding hydrogens is 238 g/mol. The fourth-order valence-electron chi connectivity index (χ4n) is 2.44. The molecule has 0 radical (unpaired) electrons. The predicted octanol–water partition coefficient (Wildman–Crippen LogP) is 2.11. The van der Waals surface area contributed by atoms with E-state index in [9.17, 15) is 0 Å². The van der Waals surface area contributed by atoms with Gasteiger partial charge in [-0.3, -0.25) is 0 Å². The smallest absolute Gasteiger partial charge is 0.225 e. The molecule has 2 N–H and O–H groups in total. The lowest BCUT2D eigenvalue weighted by Crippen LogP contribution is -2.28. The monoisotopic (exact) mass is 255 g/mol. The Balaban J connectivity index is 1.86. The summed E-state index contributed by atoms with van der Waals surface area (Å²) in [5.41, 5.74) is 7.38. The maximum Gasteiger partial charge on any atom is 0.225 e. The van der Waals surface area contributed by atoms with Crippen LogP contribution in [0.25, 0.3) is 11.3 Å². The molecule has 0 unspecified atom stereocenters. The standard InChI is InChI=1S/C14H17N5/c1-10-4-3-7-19(10)14-16-8-11(9-17-14)12-5-2-6-13(15)18-12/h2,5-6,8-10H,3-4,7H2,1H3,(H2,15,18)/t10-/m1/s1. The third kappa shape index (κ3) is 2.36. The zero-order chi connectivity index (χ0) is 13.2. The summed E-state index contributed by atoms with van der Waals surface area (Å²) < 4.78 is 0. The van der Waals surface area contributed by atoms with Crippen LogP contribution in [0.3, 0.4) is 0 Å². The maximum atomic E-state index is 5.68. The second-order valence-electron chi connectivity index (χ2n) is 4.90. The number of nitrogens with zero attached hydrogens (tertiary/aromatic N) is 4. The normalized spacial score (nSPS) is 18.8. The van der Waals surface area contributed by atoms with Crippen molar-refractivity contribution in [2.24, 2.45) is 0 Å². The van der Waals surface area contributed by atoms with Crippen LogP contribution in [0.2, 0.25) is 0 Å². The summed E-state index contributed by atoms with van der Waals surface area (Å²) in [5, 5.41) is 0. The van der Waals surface area contributed by atoms with Gasteiger partial charge in [-0.05, 0) is 31.9 Å². The molecule has 0 bridgehead atoms. The second kappa shape index (κ2) is 4.84. The van der Waals surface area contributed by atoms with Crippen LogP contribution in [0.4, 0.5) is 11.8 Å². The molecule has 0 aliphatic carbocycles. The van der Waals surface area contributed by atoms with Crippen molar-refractivity contribution in [2.75, 3.05) is 17.2 Å². The molecule has 2 aromatic heterocycles. The minimum Gasteiger partial charge on any atom is -0.384 e. The van der Waals surface area contributed by atoms with Gasteiger partial charge in [-0.1, -0.05) is 6.07 Å². The Morgan fingerprint density at radius 3 is 2.68 bits per heavy atom. The summed E-state index contributed by atoms with van der Waals surface area (Å²) in [6, 6.07) is 6.09. The molecule has 98 valence electrons. The Morgan fingerprint density at radius 2 is 2.05 bits per heavy atom. The van der Waals surface area contributed by atoms with Crippen LogP contribution in [0.15, 0.2) is 30.6 Å². The van der Waals surface area contributed by atoms with E-state index < -0.39 is 0 Å². The molecule has 1 atom stereocenters. The zero-order valence-corrected chi connectivity index (χ0v) is 11.0. The molecular formula is C14H17N5. The molecule has 1 aliphatic rings. The Kier molecular flexibility index (Phi) is 3.03. The van der Waals surface area contributed by atoms with Gasteiger partial charge in [0, 0.05) is 30.5 Å². The van der Waals surface area contributed by atoms with Crippen LogP contribution in [0.5, 0.6) is 0 Å². The van der Waals surface area contributed by atoms with Crippen LogP contribution in [0.1, 0.15) is 19.8 Å². The lowest BCUT2D eigenvalue weighted by molar-refractivity contribution is 0.717. The summed E-state index contributed by atoms with van der Waals surface area (Å²) >= 11 is 0. The number of nitrogens with two attached hydrogens (primary N) is 1. The van der Waals surface area contributed by atoms with E-state index in [1.807, 2.05) is 24.5 Å². The summed E-state index contributed by atoms with van der Waals surface area (Å²) in [6.45, 7) is 3.25. The third-order valence-corrected chi connectivity index (χ3v) is 3.51. The van der Waals surface area contributed by atoms with Crippen LogP contribution in [-0.4, -0.2) is 27.5 Å². The van der Waals surface area contributed by atoms with Gasteiger partial charge in [-0.2, -0.15) is 0 Å². The Hall–Kier alpha value is -2.17. The molecule has 1 saturated heterocycles. The molecule has 5 heteroatoms. The molecule has 1 fully saturated rings. The molecule has 1 aliphatic heterocycles. The van der Waals surface area contributed by atoms with Gasteiger partial charge in [0.2, 0.25) is 5.95 Å². The number of anilines is 2. The van der Waals surface area contributed by atoms with Gasteiger partial charge in [0.25, 0.3) is 0 Å². The van der Waals surface area contributed by atoms with Crippen molar-refractivity contribution in [3.63, 3.8) is 0 Å². The van der Waals surface area contributed by atoms with E-state index in [1.165, 1.54) is 12.8 Å². The van der Waals surface area contributed by atoms with E-state index in [2.05, 4.69) is 26.8 Å². The van der Waals surface area contributed by atoms with Crippen molar-refractivity contribution in [1.82, 2.24) is 15.0 Å². The summed E-state index contributed by atoms with van der Waals surface area (Å²) in [4.78, 5) is 15.4. The van der Waals surface area contributed by atoms with Crippen LogP contribution in [-0.2, 0) is 0 Å². The number of rotatable bonds is 2. The van der Waals surface area contributed by atoms with Crippen molar-refractivity contribution in [3.8, 4) is 11.3 Å². The van der Waals surface area contributed by atoms with Crippen LogP contribution < -0.4 is 10.6 Å². The summed E-state index contributed by atoms with van der Waals surface area (Å²) in [6.07, 6.45) is 6.05. The van der Waals surface area contributed by atoms with Crippen molar-refractivity contribution >= 4 is 11.8 Å². The van der Waals surface area contributed by atoms with Crippen molar-refractivity contribution in [3.05, 3.63) is 30.6 Å². The van der Waals surface area contributed by atoms with E-state index in [4.69, 9.17) is 5.73 Å². The molecule has 2 aromatic rings. The van der Waals surface area contributed by atoms with E-state index in [0.717, 1.165) is 23.8 Å². The maximum absolute atomic E-state index is 5.68. The van der Waals surface area contributed by atoms with Crippen molar-refractivity contribution in [1.29, 1.82) is 0 Å². The first-order chi connectivity index (χ1) is 9.24. The summed E-state index contributed by atoms with van der Waals surface area (Å²) in [7, 11) is 0. The molecule has 3 rings (SSSR count). The zero-order valence-electron chi connectivity index (χ0n) is 11.0. The van der Waals surface area contributed by atoms with Gasteiger partial charge in [0.05, 0.1) is 5.69 Å². The Labute approximate surface area is 112 Å². The van der Waals surface area contributed by atoms with Gasteiger partial charge in [0.1, 0.15) is 5.82 Å². The van der Waals surface area contributed by atoms with Crippen molar-refractivity contribution in [2.45, 2.75) is 25.8 Å². The predicted molar refractivity (Wildman–Crippen MR) is 75.7 cm³/mol. The fraction of sp³-hybridized carbons (Fsp3) is 0.357. The van der Waals surface area contributed by atoms with Gasteiger partial charge in [-0.15, -0.1) is 0 Å². The average Bonchev–Trinajstić information content (AvgIpc) is 2.85. The highest BCUT2D eigenvalue weighted by molar-refractivity contribution is 5.59. The minimum absolute atomic E-state index is 0.509. The van der Waals surface area contributed by atoms with Gasteiger partial charge in [0.15, 0.2) is 0 Å². The molecule has 5 nitrogen and oxygen atoms in total. The molecule has 0 aromatic carbocycles. The minimum atomic E-state index is 0.509. The first kappa shape index (κ1) is 11.9. The average molecular weight is 255 g/mol. The highest BCUT2D eigenvalue weighted by atomic mass is 15.3. The van der Waals surface area contributed by atoms with E-state index in [1.54, 1.807) is 6.07 Å². The molecule has 3 heterocycles. The summed E-state index contributed by atoms with van der Waals surface area (Å²) in [5.74, 6) is 1.31. The lowest BCUT2D eigenvalue weighted by atomic mass is 10.2. The van der Waals surface area contributed by atoms with Crippen molar-refractivity contribution < 1.29 is 0 Å². The molecule has 19 heavy (non-hydrogen) atoms. The molecule has 0 saturated carbocycles. The Morgan fingerprint density at radius 1 is 1.26 bits per heavy atom. The lowest BCUT2D eigenvalue weighted by Gasteiger charge is -2.20. The second-order valence-corrected chi connectivity index (χ2v) is 4.90. The quantitative estimate of drug-likeness (QED) is 0.890. The largest absolute Gasteiger partial charge is 0.384 e. The van der Waals surface area contributed by atoms with Gasteiger partial charge >= 0.3 is 0 Å². The first-order valence-corrected chi connectivity index (χ1v) is 6.55. The van der Waals surface area contributed by atoms with E-state index in [0.29, 0.717) is 11.9 Å². The fourth-order valence-corrected chi connectivity index (χ4v) is 2.44. The molecule has 0 amide bonds. The topological polar surface area (TPSA) is 67.9 Å².